The summed E-state index contributed by atoms with van der Waals surface area (Å²) in [6.07, 6.45) is 2.09. The quantitative estimate of drug-likeness (QED) is 0.476. The average Bonchev–Trinajstić information content (AvgIpc) is 1.93. The summed E-state index contributed by atoms with van der Waals surface area (Å²) in [7, 11) is 0. The van der Waals surface area contributed by atoms with Crippen LogP contribution >= 0.6 is 0 Å². The number of nitrogens with one attached hydrogen (secondary N) is 1. The molecule has 0 aromatic rings. The molecule has 0 aliphatic heterocycles. The molecule has 12 heavy (non-hydrogen) atoms. The van der Waals surface area contributed by atoms with Gasteiger partial charge in [0.25, 0.3) is 0 Å². The van der Waals surface area contributed by atoms with Crippen LogP contribution in [0, 0.1) is 5.92 Å². The van der Waals surface area contributed by atoms with Gasteiger partial charge in [0.2, 0.25) is 5.91 Å². The summed E-state index contributed by atoms with van der Waals surface area (Å²) in [5, 5.41) is 12.1. The molecule has 4 heteroatoms. The summed E-state index contributed by atoms with van der Waals surface area (Å²) in [5.74, 6) is 0.323. The molecule has 1 aliphatic rings. The molecule has 1 rings (SSSR count). The molecule has 1 fully saturated rings. The van der Waals surface area contributed by atoms with Crippen molar-refractivity contribution in [2.24, 2.45) is 11.7 Å². The third kappa shape index (κ3) is 3.19. The second-order valence-electron chi connectivity index (χ2n) is 3.41. The summed E-state index contributed by atoms with van der Waals surface area (Å²) in [4.78, 5) is 10.3. The highest BCUT2D eigenvalue weighted by atomic mass is 16.3. The lowest BCUT2D eigenvalue weighted by molar-refractivity contribution is -0.117. The first-order valence-corrected chi connectivity index (χ1v) is 4.35. The predicted molar refractivity (Wildman–Crippen MR) is 45.4 cm³/mol. The van der Waals surface area contributed by atoms with Crippen molar-refractivity contribution in [2.45, 2.75) is 25.4 Å². The topological polar surface area (TPSA) is 75.4 Å². The summed E-state index contributed by atoms with van der Waals surface area (Å²) < 4.78 is 0. The van der Waals surface area contributed by atoms with Gasteiger partial charge in [-0.1, -0.05) is 0 Å². The summed E-state index contributed by atoms with van der Waals surface area (Å²) in [5.41, 5.74) is 4.96. The van der Waals surface area contributed by atoms with E-state index in [0.29, 0.717) is 18.9 Å². The molecular formula is C8H16N2O2. The molecule has 0 saturated heterocycles. The zero-order valence-corrected chi connectivity index (χ0v) is 7.12. The molecule has 0 aromatic carbocycles. The van der Waals surface area contributed by atoms with Crippen LogP contribution in [0.1, 0.15) is 19.3 Å². The molecule has 0 radical (unpaired) electrons. The fourth-order valence-electron chi connectivity index (χ4n) is 1.38. The molecule has 0 spiro atoms. The Morgan fingerprint density at radius 2 is 2.25 bits per heavy atom. The van der Waals surface area contributed by atoms with Crippen molar-refractivity contribution in [2.75, 3.05) is 13.1 Å². The van der Waals surface area contributed by atoms with Gasteiger partial charge in [0, 0.05) is 13.0 Å². The van der Waals surface area contributed by atoms with Crippen LogP contribution in [0.3, 0.4) is 0 Å². The van der Waals surface area contributed by atoms with Crippen LogP contribution in [0.5, 0.6) is 0 Å². The Labute approximate surface area is 72.1 Å². The minimum absolute atomic E-state index is 0.0899. The SMILES string of the molecule is NC(=O)CCNCC1CC(O)C1. The van der Waals surface area contributed by atoms with E-state index in [1.165, 1.54) is 0 Å². The Morgan fingerprint density at radius 1 is 1.58 bits per heavy atom. The number of aliphatic hydroxyl groups excluding tert-OH is 1. The first kappa shape index (κ1) is 9.48. The van der Waals surface area contributed by atoms with Crippen molar-refractivity contribution in [3.05, 3.63) is 0 Å². The number of carbonyl (C=O) groups excluding carboxylic acids is 1. The van der Waals surface area contributed by atoms with Gasteiger partial charge in [-0.2, -0.15) is 0 Å². The van der Waals surface area contributed by atoms with Gasteiger partial charge in [-0.15, -0.1) is 0 Å². The number of aliphatic hydroxyl groups is 1. The average molecular weight is 172 g/mol. The van der Waals surface area contributed by atoms with Crippen LogP contribution in [0.2, 0.25) is 0 Å². The lowest BCUT2D eigenvalue weighted by Gasteiger charge is -2.31. The van der Waals surface area contributed by atoms with Crippen LogP contribution in [0.25, 0.3) is 0 Å². The minimum Gasteiger partial charge on any atom is -0.393 e. The molecule has 1 aliphatic carbocycles. The molecule has 0 heterocycles. The third-order valence-electron chi connectivity index (χ3n) is 2.19. The van der Waals surface area contributed by atoms with E-state index >= 15 is 0 Å². The van der Waals surface area contributed by atoms with Gasteiger partial charge in [0.05, 0.1) is 6.10 Å². The Bertz CT molecular complexity index is 155. The summed E-state index contributed by atoms with van der Waals surface area (Å²) >= 11 is 0. The standard InChI is InChI=1S/C8H16N2O2/c9-8(12)1-2-10-5-6-3-7(11)4-6/h6-7,10-11H,1-5H2,(H2,9,12). The Morgan fingerprint density at radius 3 is 2.75 bits per heavy atom. The van der Waals surface area contributed by atoms with E-state index < -0.39 is 0 Å². The highest BCUT2D eigenvalue weighted by Crippen LogP contribution is 2.25. The fourth-order valence-corrected chi connectivity index (χ4v) is 1.38. The molecule has 0 unspecified atom stereocenters. The van der Waals surface area contributed by atoms with Crippen molar-refractivity contribution >= 4 is 5.91 Å². The second kappa shape index (κ2) is 4.42. The van der Waals surface area contributed by atoms with E-state index in [-0.39, 0.29) is 12.0 Å². The van der Waals surface area contributed by atoms with Gasteiger partial charge >= 0.3 is 0 Å². The maximum atomic E-state index is 10.3. The molecule has 0 bridgehead atoms. The second-order valence-corrected chi connectivity index (χ2v) is 3.41. The van der Waals surface area contributed by atoms with Crippen LogP contribution in [0.15, 0.2) is 0 Å². The highest BCUT2D eigenvalue weighted by Gasteiger charge is 2.26. The zero-order chi connectivity index (χ0) is 8.97. The van der Waals surface area contributed by atoms with Crippen molar-refractivity contribution < 1.29 is 9.90 Å². The first-order valence-electron chi connectivity index (χ1n) is 4.35. The number of rotatable bonds is 5. The van der Waals surface area contributed by atoms with Crippen LogP contribution in [-0.4, -0.2) is 30.2 Å². The van der Waals surface area contributed by atoms with E-state index in [9.17, 15) is 4.79 Å². The van der Waals surface area contributed by atoms with Crippen LogP contribution < -0.4 is 11.1 Å². The van der Waals surface area contributed by atoms with E-state index in [1.807, 2.05) is 0 Å². The highest BCUT2D eigenvalue weighted by molar-refractivity contribution is 5.73. The maximum absolute atomic E-state index is 10.3. The van der Waals surface area contributed by atoms with Crippen molar-refractivity contribution in [1.82, 2.24) is 5.32 Å². The van der Waals surface area contributed by atoms with E-state index in [0.717, 1.165) is 19.4 Å². The van der Waals surface area contributed by atoms with Gasteiger partial charge in [-0.25, -0.2) is 0 Å². The monoisotopic (exact) mass is 172 g/mol. The number of nitrogens with two attached hydrogens (primary N) is 1. The molecule has 70 valence electrons. The molecule has 4 nitrogen and oxygen atoms in total. The van der Waals surface area contributed by atoms with Gasteiger partial charge < -0.3 is 16.2 Å². The molecule has 0 aromatic heterocycles. The number of primary amides is 1. The first-order chi connectivity index (χ1) is 5.68. The predicted octanol–water partition coefficient (Wildman–Crippen LogP) is -0.778. The van der Waals surface area contributed by atoms with Crippen molar-refractivity contribution in [3.63, 3.8) is 0 Å². The molecule has 4 N–H and O–H groups in total. The Hall–Kier alpha value is -0.610. The van der Waals surface area contributed by atoms with Crippen molar-refractivity contribution in [3.8, 4) is 0 Å². The molecule has 0 atom stereocenters. The van der Waals surface area contributed by atoms with Crippen LogP contribution in [0.4, 0.5) is 0 Å². The maximum Gasteiger partial charge on any atom is 0.218 e. The van der Waals surface area contributed by atoms with E-state index in [4.69, 9.17) is 10.8 Å². The lowest BCUT2D eigenvalue weighted by atomic mass is 9.82. The third-order valence-corrected chi connectivity index (χ3v) is 2.19. The minimum atomic E-state index is -0.267. The van der Waals surface area contributed by atoms with Gasteiger partial charge in [-0.3, -0.25) is 4.79 Å². The molecule has 1 saturated carbocycles. The zero-order valence-electron chi connectivity index (χ0n) is 7.12. The van der Waals surface area contributed by atoms with Gasteiger partial charge in [0.15, 0.2) is 0 Å². The molecule has 1 amide bonds. The summed E-state index contributed by atoms with van der Waals surface area (Å²) in [6.45, 7) is 1.55. The number of carbonyl (C=O) groups is 1. The van der Waals surface area contributed by atoms with Gasteiger partial charge in [-0.05, 0) is 25.3 Å². The number of hydrogen-bond donors (Lipinski definition) is 3. The van der Waals surface area contributed by atoms with Crippen molar-refractivity contribution in [1.29, 1.82) is 0 Å². The molecular weight excluding hydrogens is 156 g/mol. The number of hydrogen-bond acceptors (Lipinski definition) is 3. The van der Waals surface area contributed by atoms with Crippen LogP contribution in [-0.2, 0) is 4.79 Å². The Kier molecular flexibility index (Phi) is 3.49. The summed E-state index contributed by atoms with van der Waals surface area (Å²) in [6, 6.07) is 0. The van der Waals surface area contributed by atoms with E-state index in [2.05, 4.69) is 5.32 Å². The van der Waals surface area contributed by atoms with E-state index in [1.54, 1.807) is 0 Å². The van der Waals surface area contributed by atoms with Gasteiger partial charge in [0.1, 0.15) is 0 Å². The Balaban J connectivity index is 1.87. The smallest absolute Gasteiger partial charge is 0.218 e. The largest absolute Gasteiger partial charge is 0.393 e. The normalized spacial score (nSPS) is 28.1. The fraction of sp³-hybridized carbons (Fsp3) is 0.875. The number of amides is 1. The lowest BCUT2D eigenvalue weighted by Crippen LogP contribution is -2.37.